The molecule has 0 aliphatic carbocycles. The topological polar surface area (TPSA) is 101 Å². The van der Waals surface area contributed by atoms with Gasteiger partial charge in [0.15, 0.2) is 0 Å². The van der Waals surface area contributed by atoms with Gasteiger partial charge in [0.2, 0.25) is 15.9 Å². The molecule has 2 aromatic rings. The van der Waals surface area contributed by atoms with Gasteiger partial charge in [-0.1, -0.05) is 29.8 Å². The van der Waals surface area contributed by atoms with Gasteiger partial charge in [-0.2, -0.15) is 4.31 Å². The normalized spacial score (nSPS) is 15.5. The first kappa shape index (κ1) is 21.9. The number of halogens is 1. The van der Waals surface area contributed by atoms with E-state index in [1.165, 1.54) is 22.5 Å². The molecule has 0 atom stereocenters. The van der Waals surface area contributed by atoms with Gasteiger partial charge in [-0.05, 0) is 36.3 Å². The van der Waals surface area contributed by atoms with E-state index in [2.05, 4.69) is 0 Å². The summed E-state index contributed by atoms with van der Waals surface area (Å²) in [4.78, 5) is 24.3. The van der Waals surface area contributed by atoms with Crippen molar-refractivity contribution in [3.05, 3.63) is 74.8 Å². The second-order valence-electron chi connectivity index (χ2n) is 6.82. The van der Waals surface area contributed by atoms with Crippen molar-refractivity contribution in [2.45, 2.75) is 11.8 Å². The number of rotatable bonds is 5. The molecular formula is C20H20ClN3O5S. The van der Waals surface area contributed by atoms with E-state index >= 15 is 0 Å². The lowest BCUT2D eigenvalue weighted by molar-refractivity contribution is -0.385. The molecule has 1 saturated heterocycles. The fourth-order valence-corrected chi connectivity index (χ4v) is 5.02. The summed E-state index contributed by atoms with van der Waals surface area (Å²) in [6, 6.07) is 10.9. The Hall–Kier alpha value is -2.75. The molecule has 2 aromatic carbocycles. The number of nitro benzene ring substituents is 1. The summed E-state index contributed by atoms with van der Waals surface area (Å²) < 4.78 is 27.2. The molecule has 0 N–H and O–H groups in total. The number of aryl methyl sites for hydroxylation is 1. The molecule has 1 aliphatic rings. The smallest absolute Gasteiger partial charge is 0.270 e. The van der Waals surface area contributed by atoms with E-state index in [1.807, 2.05) is 6.07 Å². The monoisotopic (exact) mass is 449 g/mol. The van der Waals surface area contributed by atoms with Gasteiger partial charge < -0.3 is 4.90 Å². The van der Waals surface area contributed by atoms with Gasteiger partial charge in [-0.25, -0.2) is 8.42 Å². The third-order valence-corrected chi connectivity index (χ3v) is 7.09. The average Bonchev–Trinajstić information content (AvgIpc) is 2.72. The third kappa shape index (κ3) is 4.86. The summed E-state index contributed by atoms with van der Waals surface area (Å²) >= 11 is 5.93. The molecule has 10 heteroatoms. The van der Waals surface area contributed by atoms with Crippen LogP contribution in [0.3, 0.4) is 0 Å². The average molecular weight is 450 g/mol. The predicted octanol–water partition coefficient (Wildman–Crippen LogP) is 3.10. The van der Waals surface area contributed by atoms with Crippen LogP contribution < -0.4 is 0 Å². The maximum atomic E-state index is 13.0. The van der Waals surface area contributed by atoms with Crippen LogP contribution in [-0.2, 0) is 14.8 Å². The number of carbonyl (C=O) groups is 1. The summed E-state index contributed by atoms with van der Waals surface area (Å²) in [6.45, 7) is 2.28. The van der Waals surface area contributed by atoms with Crippen LogP contribution in [0.5, 0.6) is 0 Å². The number of benzene rings is 2. The molecule has 1 aliphatic heterocycles. The van der Waals surface area contributed by atoms with Crippen LogP contribution >= 0.6 is 11.6 Å². The number of hydrogen-bond acceptors (Lipinski definition) is 5. The zero-order valence-electron chi connectivity index (χ0n) is 16.2. The summed E-state index contributed by atoms with van der Waals surface area (Å²) in [5.41, 5.74) is 0.945. The Labute approximate surface area is 179 Å². The molecule has 0 spiro atoms. The Morgan fingerprint density at radius 2 is 1.83 bits per heavy atom. The van der Waals surface area contributed by atoms with Crippen LogP contribution in [0.25, 0.3) is 6.08 Å². The largest absolute Gasteiger partial charge is 0.337 e. The first-order valence-corrected chi connectivity index (χ1v) is 11.0. The highest BCUT2D eigenvalue weighted by Crippen LogP contribution is 2.25. The van der Waals surface area contributed by atoms with E-state index in [4.69, 9.17) is 11.6 Å². The van der Waals surface area contributed by atoms with Crippen LogP contribution in [0.4, 0.5) is 5.69 Å². The number of carbonyl (C=O) groups excluding carboxylic acids is 1. The molecule has 0 aromatic heterocycles. The molecular weight excluding hydrogens is 430 g/mol. The maximum absolute atomic E-state index is 13.0. The van der Waals surface area contributed by atoms with Gasteiger partial charge in [0.05, 0.1) is 9.82 Å². The minimum atomic E-state index is -3.90. The van der Waals surface area contributed by atoms with E-state index in [9.17, 15) is 23.3 Å². The fourth-order valence-electron chi connectivity index (χ4n) is 3.15. The van der Waals surface area contributed by atoms with Crippen molar-refractivity contribution in [1.29, 1.82) is 0 Å². The van der Waals surface area contributed by atoms with Crippen LogP contribution in [-0.4, -0.2) is 54.6 Å². The van der Waals surface area contributed by atoms with Crippen molar-refractivity contribution >= 4 is 39.3 Å². The summed E-state index contributed by atoms with van der Waals surface area (Å²) in [7, 11) is -3.90. The molecule has 0 bridgehead atoms. The second-order valence-corrected chi connectivity index (χ2v) is 9.17. The molecule has 0 unspecified atom stereocenters. The molecule has 1 heterocycles. The maximum Gasteiger partial charge on any atom is 0.270 e. The highest BCUT2D eigenvalue weighted by Gasteiger charge is 2.31. The van der Waals surface area contributed by atoms with Crippen molar-refractivity contribution in [1.82, 2.24) is 9.21 Å². The molecule has 3 rings (SSSR count). The van der Waals surface area contributed by atoms with Gasteiger partial charge in [0.1, 0.15) is 0 Å². The van der Waals surface area contributed by atoms with Gasteiger partial charge in [0.25, 0.3) is 5.69 Å². The van der Waals surface area contributed by atoms with E-state index in [0.717, 1.165) is 11.6 Å². The zero-order valence-corrected chi connectivity index (χ0v) is 17.8. The number of piperazine rings is 1. The molecule has 1 fully saturated rings. The summed E-state index contributed by atoms with van der Waals surface area (Å²) in [5.74, 6) is -0.224. The van der Waals surface area contributed by atoms with Crippen LogP contribution in [0, 0.1) is 17.0 Å². The number of non-ortho nitro benzene ring substituents is 1. The minimum absolute atomic E-state index is 0.0858. The van der Waals surface area contributed by atoms with Crippen molar-refractivity contribution in [3.63, 3.8) is 0 Å². The number of hydrogen-bond donors (Lipinski definition) is 0. The number of amides is 1. The van der Waals surface area contributed by atoms with E-state index in [0.29, 0.717) is 10.6 Å². The molecule has 0 saturated carbocycles. The molecule has 1 amide bonds. The standard InChI is InChI=1S/C20H20ClN3O5S/c1-15-5-7-18(24(26)27)14-19(15)30(28,29)23-11-9-22(10-12-23)20(25)8-6-16-3-2-4-17(21)13-16/h2-8,13-14H,9-12H2,1H3/b8-6+. The van der Waals surface area contributed by atoms with Gasteiger partial charge in [-0.3, -0.25) is 14.9 Å². The third-order valence-electron chi connectivity index (χ3n) is 4.82. The van der Waals surface area contributed by atoms with Crippen LogP contribution in [0.2, 0.25) is 5.02 Å². The molecule has 8 nitrogen and oxygen atoms in total. The van der Waals surface area contributed by atoms with Gasteiger partial charge in [-0.15, -0.1) is 0 Å². The SMILES string of the molecule is Cc1ccc([N+](=O)[O-])cc1S(=O)(=O)N1CCN(C(=O)/C=C/c2cccc(Cl)c2)CC1. The number of sulfonamides is 1. The Morgan fingerprint density at radius 1 is 1.13 bits per heavy atom. The molecule has 30 heavy (non-hydrogen) atoms. The molecule has 158 valence electrons. The zero-order chi connectivity index (χ0) is 21.9. The lowest BCUT2D eigenvalue weighted by atomic mass is 10.2. The van der Waals surface area contributed by atoms with E-state index in [-0.39, 0.29) is 42.7 Å². The fraction of sp³-hybridized carbons (Fsp3) is 0.250. The van der Waals surface area contributed by atoms with Gasteiger partial charge in [0, 0.05) is 49.4 Å². The lowest BCUT2D eigenvalue weighted by Crippen LogP contribution is -2.50. The predicted molar refractivity (Wildman–Crippen MR) is 114 cm³/mol. The van der Waals surface area contributed by atoms with Crippen molar-refractivity contribution in [2.24, 2.45) is 0 Å². The van der Waals surface area contributed by atoms with Crippen molar-refractivity contribution in [2.75, 3.05) is 26.2 Å². The van der Waals surface area contributed by atoms with E-state index in [1.54, 1.807) is 36.1 Å². The lowest BCUT2D eigenvalue weighted by Gasteiger charge is -2.33. The summed E-state index contributed by atoms with van der Waals surface area (Å²) in [5, 5.41) is 11.6. The highest BCUT2D eigenvalue weighted by molar-refractivity contribution is 7.89. The van der Waals surface area contributed by atoms with Crippen LogP contribution in [0.1, 0.15) is 11.1 Å². The van der Waals surface area contributed by atoms with Gasteiger partial charge >= 0.3 is 0 Å². The Bertz CT molecular complexity index is 1110. The quantitative estimate of drug-likeness (QED) is 0.396. The second kappa shape index (κ2) is 8.95. The molecule has 0 radical (unpaired) electrons. The van der Waals surface area contributed by atoms with Crippen LogP contribution in [0.15, 0.2) is 53.4 Å². The minimum Gasteiger partial charge on any atom is -0.337 e. The number of nitro groups is 1. The summed E-state index contributed by atoms with van der Waals surface area (Å²) in [6.07, 6.45) is 3.09. The first-order chi connectivity index (χ1) is 14.2. The Morgan fingerprint density at radius 3 is 2.47 bits per heavy atom. The van der Waals surface area contributed by atoms with Crippen molar-refractivity contribution < 1.29 is 18.1 Å². The Balaban J connectivity index is 1.68. The Kier molecular flexibility index (Phi) is 6.55. The number of nitrogens with zero attached hydrogens (tertiary/aromatic N) is 3. The first-order valence-electron chi connectivity index (χ1n) is 9.16. The van der Waals surface area contributed by atoms with E-state index < -0.39 is 14.9 Å². The highest BCUT2D eigenvalue weighted by atomic mass is 35.5. The van der Waals surface area contributed by atoms with Crippen molar-refractivity contribution in [3.8, 4) is 0 Å².